The van der Waals surface area contributed by atoms with E-state index in [1.54, 1.807) is 49.4 Å². The number of benzene rings is 2. The van der Waals surface area contributed by atoms with E-state index in [9.17, 15) is 19.5 Å². The predicted molar refractivity (Wildman–Crippen MR) is 128 cm³/mol. The van der Waals surface area contributed by atoms with Crippen molar-refractivity contribution >= 4 is 29.3 Å². The summed E-state index contributed by atoms with van der Waals surface area (Å²) in [5.74, 6) is -1.07. The lowest BCUT2D eigenvalue weighted by Gasteiger charge is -2.21. The molecule has 0 aliphatic heterocycles. The van der Waals surface area contributed by atoms with Crippen molar-refractivity contribution in [3.8, 4) is 0 Å². The van der Waals surface area contributed by atoms with Crippen LogP contribution in [-0.4, -0.2) is 22.1 Å². The van der Waals surface area contributed by atoms with E-state index >= 15 is 0 Å². The molecule has 2 atom stereocenters. The molecule has 1 heterocycles. The zero-order valence-electron chi connectivity index (χ0n) is 18.2. The van der Waals surface area contributed by atoms with Crippen LogP contribution in [-0.2, 0) is 4.79 Å². The number of aryl methyl sites for hydroxylation is 2. The number of aromatic nitrogens is 1. The number of nitrogens with one attached hydrogen (secondary N) is 3. The number of carboxylic acids is 1. The first-order chi connectivity index (χ1) is 15.7. The third-order valence-corrected chi connectivity index (χ3v) is 5.52. The molecule has 33 heavy (non-hydrogen) atoms. The number of amides is 2. The first kappa shape index (κ1) is 24.0. The molecule has 0 fully saturated rings. The molecular formula is C24H25ClN4O4. The fourth-order valence-corrected chi connectivity index (χ4v) is 3.77. The van der Waals surface area contributed by atoms with Gasteiger partial charge in [-0.2, -0.15) is 0 Å². The Labute approximate surface area is 195 Å². The summed E-state index contributed by atoms with van der Waals surface area (Å²) in [6.07, 6.45) is -0.327. The summed E-state index contributed by atoms with van der Waals surface area (Å²) in [4.78, 5) is 39.5. The Morgan fingerprint density at radius 2 is 1.76 bits per heavy atom. The van der Waals surface area contributed by atoms with Gasteiger partial charge in [-0.3, -0.25) is 9.59 Å². The van der Waals surface area contributed by atoms with E-state index in [1.807, 2.05) is 19.1 Å². The summed E-state index contributed by atoms with van der Waals surface area (Å²) in [5.41, 5.74) is 9.01. The second-order valence-electron chi connectivity index (χ2n) is 7.77. The highest BCUT2D eigenvalue weighted by molar-refractivity contribution is 6.31. The van der Waals surface area contributed by atoms with E-state index in [-0.39, 0.29) is 12.1 Å². The van der Waals surface area contributed by atoms with E-state index in [0.717, 1.165) is 5.56 Å². The van der Waals surface area contributed by atoms with Crippen molar-refractivity contribution in [1.29, 1.82) is 0 Å². The van der Waals surface area contributed by atoms with Gasteiger partial charge in [-0.25, -0.2) is 4.79 Å². The first-order valence-electron chi connectivity index (χ1n) is 10.3. The van der Waals surface area contributed by atoms with Crippen LogP contribution in [0.5, 0.6) is 0 Å². The molecule has 9 heteroatoms. The highest BCUT2D eigenvalue weighted by Crippen LogP contribution is 2.29. The molecule has 2 aromatic carbocycles. The number of pyridine rings is 1. The monoisotopic (exact) mass is 468 g/mol. The summed E-state index contributed by atoms with van der Waals surface area (Å²) < 4.78 is 0. The van der Waals surface area contributed by atoms with E-state index < -0.39 is 29.6 Å². The van der Waals surface area contributed by atoms with Gasteiger partial charge in [0.1, 0.15) is 5.69 Å². The molecule has 6 N–H and O–H groups in total. The molecule has 0 spiro atoms. The minimum absolute atomic E-state index is 0.0384. The van der Waals surface area contributed by atoms with Gasteiger partial charge in [-0.1, -0.05) is 59.6 Å². The molecule has 8 nitrogen and oxygen atoms in total. The molecule has 0 aliphatic carbocycles. The average molecular weight is 469 g/mol. The number of hydrogen-bond acceptors (Lipinski definition) is 4. The molecule has 1 unspecified atom stereocenters. The summed E-state index contributed by atoms with van der Waals surface area (Å²) in [6.45, 7) is 3.61. The third-order valence-electron chi connectivity index (χ3n) is 5.18. The number of halogens is 1. The van der Waals surface area contributed by atoms with Gasteiger partial charge in [0.25, 0.3) is 5.56 Å². The molecule has 0 saturated carbocycles. The Kier molecular flexibility index (Phi) is 7.52. The van der Waals surface area contributed by atoms with Crippen molar-refractivity contribution in [3.63, 3.8) is 0 Å². The maximum Gasteiger partial charge on any atom is 0.319 e. The second kappa shape index (κ2) is 10.3. The fourth-order valence-electron chi connectivity index (χ4n) is 3.52. The first-order valence-corrected chi connectivity index (χ1v) is 10.6. The van der Waals surface area contributed by atoms with Crippen LogP contribution in [0.15, 0.2) is 59.4 Å². The van der Waals surface area contributed by atoms with Crippen LogP contribution < -0.4 is 21.9 Å². The van der Waals surface area contributed by atoms with E-state index in [2.05, 4.69) is 15.6 Å². The Balaban J connectivity index is 1.91. The molecule has 3 aromatic rings. The fraction of sp³-hybridized carbons (Fsp3) is 0.208. The van der Waals surface area contributed by atoms with Crippen LogP contribution in [0.25, 0.3) is 0 Å². The average Bonchev–Trinajstić information content (AvgIpc) is 2.75. The topological polar surface area (TPSA) is 137 Å². The van der Waals surface area contributed by atoms with E-state index in [0.29, 0.717) is 27.4 Å². The van der Waals surface area contributed by atoms with Crippen LogP contribution in [0.3, 0.4) is 0 Å². The quantitative estimate of drug-likeness (QED) is 0.356. The number of anilines is 1. The number of aliphatic carboxylic acids is 1. The van der Waals surface area contributed by atoms with Gasteiger partial charge in [-0.05, 0) is 37.1 Å². The van der Waals surface area contributed by atoms with Crippen molar-refractivity contribution in [1.82, 2.24) is 10.3 Å². The van der Waals surface area contributed by atoms with Gasteiger partial charge in [-0.15, -0.1) is 0 Å². The van der Waals surface area contributed by atoms with Crippen molar-refractivity contribution in [2.75, 3.05) is 5.32 Å². The van der Waals surface area contributed by atoms with Crippen LogP contribution >= 0.6 is 11.6 Å². The number of nitrogens with two attached hydrogens (primary N) is 1. The highest BCUT2D eigenvalue weighted by atomic mass is 35.5. The van der Waals surface area contributed by atoms with Crippen LogP contribution in [0.1, 0.15) is 46.5 Å². The molecular weight excluding hydrogens is 444 g/mol. The number of carboxylic acid groups (broad SMARTS) is 1. The number of hydrogen-bond donors (Lipinski definition) is 5. The second-order valence-corrected chi connectivity index (χ2v) is 8.18. The van der Waals surface area contributed by atoms with Crippen molar-refractivity contribution in [2.45, 2.75) is 32.4 Å². The Morgan fingerprint density at radius 3 is 2.39 bits per heavy atom. The van der Waals surface area contributed by atoms with Crippen molar-refractivity contribution in [2.24, 2.45) is 5.73 Å². The van der Waals surface area contributed by atoms with Gasteiger partial charge < -0.3 is 26.5 Å². The van der Waals surface area contributed by atoms with Gasteiger partial charge in [0.05, 0.1) is 18.5 Å². The summed E-state index contributed by atoms with van der Waals surface area (Å²) in [7, 11) is 0. The normalized spacial score (nSPS) is 12.6. The molecule has 3 rings (SSSR count). The lowest BCUT2D eigenvalue weighted by molar-refractivity contribution is -0.137. The smallest absolute Gasteiger partial charge is 0.319 e. The minimum Gasteiger partial charge on any atom is -0.481 e. The number of carbonyl (C=O) groups excluding carboxylic acids is 1. The van der Waals surface area contributed by atoms with E-state index in [1.165, 1.54) is 0 Å². The lowest BCUT2D eigenvalue weighted by atomic mass is 9.98. The lowest BCUT2D eigenvalue weighted by Crippen LogP contribution is -2.36. The summed E-state index contributed by atoms with van der Waals surface area (Å²) >= 11 is 6.28. The van der Waals surface area contributed by atoms with Gasteiger partial charge >= 0.3 is 12.0 Å². The molecule has 172 valence electrons. The number of carbonyl (C=O) groups is 2. The zero-order valence-corrected chi connectivity index (χ0v) is 18.9. The molecule has 0 bridgehead atoms. The summed E-state index contributed by atoms with van der Waals surface area (Å²) in [6, 6.07) is 13.5. The van der Waals surface area contributed by atoms with Crippen LogP contribution in [0.4, 0.5) is 10.5 Å². The molecule has 2 amide bonds. The number of urea groups is 1. The van der Waals surface area contributed by atoms with E-state index in [4.69, 9.17) is 17.3 Å². The molecule has 1 aromatic heterocycles. The largest absolute Gasteiger partial charge is 0.481 e. The van der Waals surface area contributed by atoms with Gasteiger partial charge in [0, 0.05) is 16.3 Å². The standard InChI is InChI=1S/C24H25ClN4O4/c1-13-7-9-15(10-8-13)19(12-20(30)31)28-24(33)29-22-17(11-14(2)27-23(22)32)21(26)16-5-3-4-6-18(16)25/h3-11,19,21H,12,26H2,1-2H3,(H,27,32)(H,30,31)(H2,28,29,33)/t19-,21?/m0/s1. The van der Waals surface area contributed by atoms with Gasteiger partial charge in [0.2, 0.25) is 0 Å². The summed E-state index contributed by atoms with van der Waals surface area (Å²) in [5, 5.41) is 14.9. The zero-order chi connectivity index (χ0) is 24.1. The Hall–Kier alpha value is -3.62. The molecule has 0 saturated heterocycles. The Morgan fingerprint density at radius 1 is 1.09 bits per heavy atom. The van der Waals surface area contributed by atoms with Crippen molar-refractivity contribution < 1.29 is 14.7 Å². The number of rotatable bonds is 7. The molecule has 0 aliphatic rings. The molecule has 0 radical (unpaired) electrons. The van der Waals surface area contributed by atoms with Crippen LogP contribution in [0.2, 0.25) is 5.02 Å². The van der Waals surface area contributed by atoms with Crippen molar-refractivity contribution in [3.05, 3.63) is 97.9 Å². The van der Waals surface area contributed by atoms with Gasteiger partial charge in [0.15, 0.2) is 0 Å². The minimum atomic E-state index is -1.07. The SMILES string of the molecule is Cc1ccc([C@H](CC(=O)O)NC(=O)Nc2c(C(N)c3ccccc3Cl)cc(C)[nH]c2=O)cc1. The maximum atomic E-state index is 12.8. The van der Waals surface area contributed by atoms with Crippen LogP contribution in [0, 0.1) is 13.8 Å². The third kappa shape index (κ3) is 6.00. The Bertz CT molecular complexity index is 1220. The number of aromatic amines is 1. The predicted octanol–water partition coefficient (Wildman–Crippen LogP) is 4.03. The highest BCUT2D eigenvalue weighted by Gasteiger charge is 2.23. The number of H-pyrrole nitrogens is 1. The maximum absolute atomic E-state index is 12.8.